The van der Waals surface area contributed by atoms with E-state index in [-0.39, 0.29) is 24.5 Å². The first kappa shape index (κ1) is 15.4. The van der Waals surface area contributed by atoms with Crippen molar-refractivity contribution in [2.24, 2.45) is 5.92 Å². The maximum atomic E-state index is 12.2. The molecule has 5 heteroatoms. The number of nitrogens with one attached hydrogen (secondary N) is 1. The largest absolute Gasteiger partial charge is 0.477 e. The molecule has 1 amide bonds. The molecule has 1 atom stereocenters. The average Bonchev–Trinajstić information content (AvgIpc) is 2.39. The van der Waals surface area contributed by atoms with E-state index in [1.807, 2.05) is 20.8 Å². The SMILES string of the molecule is CCOc1ncccc1C(=O)NC(CCO)C(C)C. The summed E-state index contributed by atoms with van der Waals surface area (Å²) >= 11 is 0. The van der Waals surface area contributed by atoms with Gasteiger partial charge in [0.05, 0.1) is 6.61 Å². The van der Waals surface area contributed by atoms with Crippen LogP contribution in [0.1, 0.15) is 37.6 Å². The molecule has 1 heterocycles. The third kappa shape index (κ3) is 4.52. The van der Waals surface area contributed by atoms with Gasteiger partial charge in [-0.2, -0.15) is 0 Å². The van der Waals surface area contributed by atoms with E-state index in [2.05, 4.69) is 10.3 Å². The van der Waals surface area contributed by atoms with Gasteiger partial charge in [0, 0.05) is 18.8 Å². The first-order valence-corrected chi connectivity index (χ1v) is 6.59. The van der Waals surface area contributed by atoms with E-state index in [0.717, 1.165) is 0 Å². The average molecular weight is 266 g/mol. The summed E-state index contributed by atoms with van der Waals surface area (Å²) < 4.78 is 5.34. The van der Waals surface area contributed by atoms with Crippen LogP contribution in [-0.2, 0) is 0 Å². The number of pyridine rings is 1. The van der Waals surface area contributed by atoms with E-state index in [1.54, 1.807) is 18.3 Å². The summed E-state index contributed by atoms with van der Waals surface area (Å²) in [5, 5.41) is 11.9. The molecule has 0 radical (unpaired) electrons. The second-order valence-corrected chi connectivity index (χ2v) is 4.63. The van der Waals surface area contributed by atoms with Crippen LogP contribution in [0.5, 0.6) is 5.88 Å². The predicted octanol–water partition coefficient (Wildman–Crippen LogP) is 1.62. The third-order valence-electron chi connectivity index (χ3n) is 2.86. The Morgan fingerprint density at radius 3 is 2.84 bits per heavy atom. The fraction of sp³-hybridized carbons (Fsp3) is 0.571. The molecule has 0 fully saturated rings. The quantitative estimate of drug-likeness (QED) is 0.786. The van der Waals surface area contributed by atoms with Gasteiger partial charge in [0.15, 0.2) is 0 Å². The summed E-state index contributed by atoms with van der Waals surface area (Å²) in [6.07, 6.45) is 2.13. The smallest absolute Gasteiger partial charge is 0.256 e. The Bertz CT molecular complexity index is 407. The molecule has 0 spiro atoms. The Kier molecular flexibility index (Phi) is 6.29. The topological polar surface area (TPSA) is 71.5 Å². The lowest BCUT2D eigenvalue weighted by molar-refractivity contribution is 0.0912. The van der Waals surface area contributed by atoms with Crippen molar-refractivity contribution in [2.75, 3.05) is 13.2 Å². The minimum absolute atomic E-state index is 0.0501. The van der Waals surface area contributed by atoms with Crippen LogP contribution in [0.4, 0.5) is 0 Å². The molecule has 0 aliphatic heterocycles. The molecule has 0 saturated carbocycles. The molecule has 1 aromatic heterocycles. The Morgan fingerprint density at radius 2 is 2.26 bits per heavy atom. The first-order valence-electron chi connectivity index (χ1n) is 6.59. The summed E-state index contributed by atoms with van der Waals surface area (Å²) in [6.45, 7) is 6.37. The molecule has 0 aromatic carbocycles. The molecule has 1 aromatic rings. The number of hydrogen-bond acceptors (Lipinski definition) is 4. The van der Waals surface area contributed by atoms with E-state index in [0.29, 0.717) is 24.5 Å². The molecule has 106 valence electrons. The van der Waals surface area contributed by atoms with Crippen molar-refractivity contribution < 1.29 is 14.6 Å². The lowest BCUT2D eigenvalue weighted by Gasteiger charge is -2.21. The van der Waals surface area contributed by atoms with Gasteiger partial charge >= 0.3 is 0 Å². The number of rotatable bonds is 7. The van der Waals surface area contributed by atoms with Crippen molar-refractivity contribution in [3.05, 3.63) is 23.9 Å². The summed E-state index contributed by atoms with van der Waals surface area (Å²) in [7, 11) is 0. The van der Waals surface area contributed by atoms with Gasteiger partial charge in [0.2, 0.25) is 5.88 Å². The van der Waals surface area contributed by atoms with E-state index in [9.17, 15) is 4.79 Å². The van der Waals surface area contributed by atoms with Crippen LogP contribution >= 0.6 is 0 Å². The second kappa shape index (κ2) is 7.74. The first-order chi connectivity index (χ1) is 9.10. The molecule has 1 rings (SSSR count). The van der Waals surface area contributed by atoms with Crippen LogP contribution in [0.3, 0.4) is 0 Å². The van der Waals surface area contributed by atoms with Gasteiger partial charge in [-0.1, -0.05) is 13.8 Å². The summed E-state index contributed by atoms with van der Waals surface area (Å²) in [6, 6.07) is 3.32. The standard InChI is InChI=1S/C14H22N2O3/c1-4-19-14-11(6-5-8-15-14)13(18)16-12(7-9-17)10(2)3/h5-6,8,10,12,17H,4,7,9H2,1-3H3,(H,16,18). The van der Waals surface area contributed by atoms with E-state index in [4.69, 9.17) is 9.84 Å². The van der Waals surface area contributed by atoms with Crippen LogP contribution in [-0.4, -0.2) is 35.3 Å². The van der Waals surface area contributed by atoms with Crippen LogP contribution in [0.15, 0.2) is 18.3 Å². The van der Waals surface area contributed by atoms with Crippen LogP contribution < -0.4 is 10.1 Å². The van der Waals surface area contributed by atoms with Crippen molar-refractivity contribution in [3.63, 3.8) is 0 Å². The van der Waals surface area contributed by atoms with Gasteiger partial charge in [-0.3, -0.25) is 4.79 Å². The molecule has 2 N–H and O–H groups in total. The van der Waals surface area contributed by atoms with Crippen molar-refractivity contribution in [1.29, 1.82) is 0 Å². The molecule has 0 saturated heterocycles. The van der Waals surface area contributed by atoms with E-state index >= 15 is 0 Å². The summed E-state index contributed by atoms with van der Waals surface area (Å²) in [5.41, 5.74) is 0.424. The molecular weight excluding hydrogens is 244 g/mol. The van der Waals surface area contributed by atoms with Crippen LogP contribution in [0, 0.1) is 5.92 Å². The number of ether oxygens (including phenoxy) is 1. The molecular formula is C14H22N2O3. The molecule has 0 bridgehead atoms. The maximum Gasteiger partial charge on any atom is 0.256 e. The summed E-state index contributed by atoms with van der Waals surface area (Å²) in [5.74, 6) is 0.376. The number of aliphatic hydroxyl groups is 1. The van der Waals surface area contributed by atoms with E-state index in [1.165, 1.54) is 0 Å². The highest BCUT2D eigenvalue weighted by Crippen LogP contribution is 2.15. The second-order valence-electron chi connectivity index (χ2n) is 4.63. The lowest BCUT2D eigenvalue weighted by atomic mass is 10.0. The monoisotopic (exact) mass is 266 g/mol. The Labute approximate surface area is 114 Å². The fourth-order valence-electron chi connectivity index (χ4n) is 1.77. The molecule has 0 aliphatic carbocycles. The Balaban J connectivity index is 2.81. The van der Waals surface area contributed by atoms with Crippen molar-refractivity contribution in [2.45, 2.75) is 33.2 Å². The third-order valence-corrected chi connectivity index (χ3v) is 2.86. The van der Waals surface area contributed by atoms with Gasteiger partial charge in [0.1, 0.15) is 5.56 Å². The Morgan fingerprint density at radius 1 is 1.53 bits per heavy atom. The molecule has 0 aliphatic rings. The van der Waals surface area contributed by atoms with E-state index < -0.39 is 0 Å². The predicted molar refractivity (Wildman–Crippen MR) is 73.2 cm³/mol. The number of nitrogens with zero attached hydrogens (tertiary/aromatic N) is 1. The van der Waals surface area contributed by atoms with Crippen molar-refractivity contribution >= 4 is 5.91 Å². The number of carbonyl (C=O) groups is 1. The highest BCUT2D eigenvalue weighted by molar-refractivity contribution is 5.96. The Hall–Kier alpha value is -1.62. The number of aromatic nitrogens is 1. The van der Waals surface area contributed by atoms with Crippen molar-refractivity contribution in [3.8, 4) is 5.88 Å². The number of carbonyl (C=O) groups excluding carboxylic acids is 1. The van der Waals surface area contributed by atoms with Gasteiger partial charge in [-0.15, -0.1) is 0 Å². The van der Waals surface area contributed by atoms with Crippen molar-refractivity contribution in [1.82, 2.24) is 10.3 Å². The normalized spacial score (nSPS) is 12.3. The molecule has 5 nitrogen and oxygen atoms in total. The van der Waals surface area contributed by atoms with Gasteiger partial charge < -0.3 is 15.2 Å². The number of hydrogen-bond donors (Lipinski definition) is 2. The molecule has 1 unspecified atom stereocenters. The lowest BCUT2D eigenvalue weighted by Crippen LogP contribution is -2.39. The van der Waals surface area contributed by atoms with Gasteiger partial charge in [0.25, 0.3) is 5.91 Å². The highest BCUT2D eigenvalue weighted by Gasteiger charge is 2.19. The fourth-order valence-corrected chi connectivity index (χ4v) is 1.77. The molecule has 19 heavy (non-hydrogen) atoms. The number of amides is 1. The zero-order chi connectivity index (χ0) is 14.3. The summed E-state index contributed by atoms with van der Waals surface area (Å²) in [4.78, 5) is 16.3. The van der Waals surface area contributed by atoms with Crippen LogP contribution in [0.25, 0.3) is 0 Å². The minimum Gasteiger partial charge on any atom is -0.477 e. The maximum absolute atomic E-state index is 12.2. The van der Waals surface area contributed by atoms with Gasteiger partial charge in [-0.05, 0) is 31.4 Å². The van der Waals surface area contributed by atoms with Gasteiger partial charge in [-0.25, -0.2) is 4.98 Å². The zero-order valence-corrected chi connectivity index (χ0v) is 11.7. The zero-order valence-electron chi connectivity index (χ0n) is 11.7. The number of aliphatic hydroxyl groups excluding tert-OH is 1. The highest BCUT2D eigenvalue weighted by atomic mass is 16.5. The van der Waals surface area contributed by atoms with Crippen LogP contribution in [0.2, 0.25) is 0 Å². The minimum atomic E-state index is -0.219.